The molecule has 0 aliphatic rings. The summed E-state index contributed by atoms with van der Waals surface area (Å²) in [6, 6.07) is 0. The molecule has 0 saturated heterocycles. The summed E-state index contributed by atoms with van der Waals surface area (Å²) in [5.74, 6) is -0.848. The number of carboxylic acid groups (broad SMARTS) is 1. The van der Waals surface area contributed by atoms with Gasteiger partial charge in [0.1, 0.15) is 0 Å². The van der Waals surface area contributed by atoms with Crippen molar-refractivity contribution in [1.82, 2.24) is 0 Å². The standard InChI is InChI=1S/C10H17BrO2/c11-9-7-5-3-1-2-4-6-8-10(12)13/h6,8H,1-5,7,9H2,(H,12,13)/b8-6+. The van der Waals surface area contributed by atoms with E-state index in [0.717, 1.165) is 18.2 Å². The normalized spacial score (nSPS) is 10.8. The molecule has 3 heteroatoms. The third-order valence-corrected chi connectivity index (χ3v) is 2.33. The van der Waals surface area contributed by atoms with E-state index >= 15 is 0 Å². The third kappa shape index (κ3) is 11.7. The molecular weight excluding hydrogens is 232 g/mol. The average Bonchev–Trinajstić information content (AvgIpc) is 2.09. The predicted molar refractivity (Wildman–Crippen MR) is 58.3 cm³/mol. The van der Waals surface area contributed by atoms with Gasteiger partial charge in [0, 0.05) is 11.4 Å². The molecule has 0 fully saturated rings. The molecule has 0 aliphatic carbocycles. The Morgan fingerprint density at radius 1 is 1.15 bits per heavy atom. The molecular formula is C10H17BrO2. The minimum absolute atomic E-state index is 0.848. The highest BCUT2D eigenvalue weighted by Gasteiger charge is 1.89. The summed E-state index contributed by atoms with van der Waals surface area (Å²) in [4.78, 5) is 10.1. The summed E-state index contributed by atoms with van der Waals surface area (Å²) in [6.45, 7) is 0. The Bertz CT molecular complexity index is 155. The molecule has 0 radical (unpaired) electrons. The summed E-state index contributed by atoms with van der Waals surface area (Å²) < 4.78 is 0. The number of aliphatic carboxylic acids is 1. The van der Waals surface area contributed by atoms with Gasteiger partial charge in [-0.15, -0.1) is 0 Å². The zero-order valence-electron chi connectivity index (χ0n) is 7.84. The van der Waals surface area contributed by atoms with Crippen LogP contribution in [0.25, 0.3) is 0 Å². The van der Waals surface area contributed by atoms with Crippen LogP contribution in [0, 0.1) is 0 Å². The van der Waals surface area contributed by atoms with Gasteiger partial charge in [0.25, 0.3) is 0 Å². The number of carbonyl (C=O) groups is 1. The van der Waals surface area contributed by atoms with Crippen molar-refractivity contribution in [3.63, 3.8) is 0 Å². The Kier molecular flexibility index (Phi) is 9.54. The molecule has 76 valence electrons. The average molecular weight is 249 g/mol. The lowest BCUT2D eigenvalue weighted by atomic mass is 10.1. The number of carboxylic acids is 1. The Morgan fingerprint density at radius 3 is 2.38 bits per heavy atom. The lowest BCUT2D eigenvalue weighted by molar-refractivity contribution is -0.131. The molecule has 0 atom stereocenters. The van der Waals surface area contributed by atoms with Crippen LogP contribution in [0.4, 0.5) is 0 Å². The van der Waals surface area contributed by atoms with Crippen LogP contribution in [0.2, 0.25) is 0 Å². The molecule has 0 unspecified atom stereocenters. The van der Waals surface area contributed by atoms with Crippen LogP contribution in [0.5, 0.6) is 0 Å². The summed E-state index contributed by atoms with van der Waals surface area (Å²) in [5, 5.41) is 9.38. The van der Waals surface area contributed by atoms with Gasteiger partial charge < -0.3 is 5.11 Å². The SMILES string of the molecule is O=C(O)/C=C/CCCCCCCBr. The van der Waals surface area contributed by atoms with E-state index in [1.54, 1.807) is 6.08 Å². The zero-order chi connectivity index (χ0) is 9.94. The molecule has 0 aromatic carbocycles. The first-order chi connectivity index (χ1) is 6.27. The Labute approximate surface area is 88.2 Å². The number of alkyl halides is 1. The summed E-state index contributed by atoms with van der Waals surface area (Å²) >= 11 is 3.38. The van der Waals surface area contributed by atoms with Crippen LogP contribution in [0.1, 0.15) is 38.5 Å². The summed E-state index contributed by atoms with van der Waals surface area (Å²) in [7, 11) is 0. The van der Waals surface area contributed by atoms with E-state index in [1.165, 1.54) is 31.8 Å². The predicted octanol–water partition coefficient (Wildman–Crippen LogP) is 3.36. The molecule has 2 nitrogen and oxygen atoms in total. The van der Waals surface area contributed by atoms with Crippen molar-refractivity contribution in [1.29, 1.82) is 0 Å². The van der Waals surface area contributed by atoms with E-state index in [0.29, 0.717) is 0 Å². The van der Waals surface area contributed by atoms with E-state index in [1.807, 2.05) is 0 Å². The number of unbranched alkanes of at least 4 members (excludes halogenated alkanes) is 5. The first-order valence-corrected chi connectivity index (χ1v) is 5.85. The minimum Gasteiger partial charge on any atom is -0.478 e. The molecule has 13 heavy (non-hydrogen) atoms. The minimum atomic E-state index is -0.848. The molecule has 0 rings (SSSR count). The number of hydrogen-bond acceptors (Lipinski definition) is 1. The van der Waals surface area contributed by atoms with E-state index in [9.17, 15) is 4.79 Å². The van der Waals surface area contributed by atoms with Crippen molar-refractivity contribution < 1.29 is 9.90 Å². The second-order valence-corrected chi connectivity index (χ2v) is 3.78. The number of halogens is 1. The lowest BCUT2D eigenvalue weighted by Gasteiger charge is -1.96. The molecule has 0 heterocycles. The van der Waals surface area contributed by atoms with Crippen LogP contribution in [0.15, 0.2) is 12.2 Å². The number of hydrogen-bond donors (Lipinski definition) is 1. The maximum Gasteiger partial charge on any atom is 0.327 e. The maximum atomic E-state index is 10.1. The highest BCUT2D eigenvalue weighted by atomic mass is 79.9. The van der Waals surface area contributed by atoms with Crippen molar-refractivity contribution in [3.05, 3.63) is 12.2 Å². The van der Waals surface area contributed by atoms with Gasteiger partial charge in [-0.1, -0.05) is 41.3 Å². The fraction of sp³-hybridized carbons (Fsp3) is 0.700. The van der Waals surface area contributed by atoms with Crippen LogP contribution in [-0.2, 0) is 4.79 Å². The summed E-state index contributed by atoms with van der Waals surface area (Å²) in [6.07, 6.45) is 9.92. The van der Waals surface area contributed by atoms with Gasteiger partial charge in [-0.25, -0.2) is 4.79 Å². The summed E-state index contributed by atoms with van der Waals surface area (Å²) in [5.41, 5.74) is 0. The number of rotatable bonds is 8. The van der Waals surface area contributed by atoms with Crippen molar-refractivity contribution in [2.75, 3.05) is 5.33 Å². The first kappa shape index (κ1) is 12.7. The molecule has 0 spiro atoms. The Balaban J connectivity index is 3.03. The molecule has 0 amide bonds. The largest absolute Gasteiger partial charge is 0.478 e. The van der Waals surface area contributed by atoms with Gasteiger partial charge in [0.15, 0.2) is 0 Å². The van der Waals surface area contributed by atoms with Gasteiger partial charge in [-0.2, -0.15) is 0 Å². The zero-order valence-corrected chi connectivity index (χ0v) is 9.42. The van der Waals surface area contributed by atoms with Gasteiger partial charge in [0.2, 0.25) is 0 Å². The van der Waals surface area contributed by atoms with Gasteiger partial charge >= 0.3 is 5.97 Å². The monoisotopic (exact) mass is 248 g/mol. The maximum absolute atomic E-state index is 10.1. The van der Waals surface area contributed by atoms with Crippen molar-refractivity contribution in [2.45, 2.75) is 38.5 Å². The Morgan fingerprint density at radius 2 is 1.77 bits per heavy atom. The lowest BCUT2D eigenvalue weighted by Crippen LogP contribution is -1.85. The fourth-order valence-electron chi connectivity index (χ4n) is 1.07. The molecule has 0 bridgehead atoms. The highest BCUT2D eigenvalue weighted by Crippen LogP contribution is 2.06. The van der Waals surface area contributed by atoms with E-state index in [4.69, 9.17) is 5.11 Å². The smallest absolute Gasteiger partial charge is 0.327 e. The van der Waals surface area contributed by atoms with Gasteiger partial charge in [0.05, 0.1) is 0 Å². The molecule has 0 aromatic heterocycles. The second-order valence-electron chi connectivity index (χ2n) is 2.99. The number of allylic oxidation sites excluding steroid dienone is 1. The van der Waals surface area contributed by atoms with Crippen LogP contribution in [0.3, 0.4) is 0 Å². The first-order valence-electron chi connectivity index (χ1n) is 4.73. The Hall–Kier alpha value is -0.310. The van der Waals surface area contributed by atoms with E-state index < -0.39 is 5.97 Å². The fourth-order valence-corrected chi connectivity index (χ4v) is 1.47. The van der Waals surface area contributed by atoms with Crippen molar-refractivity contribution in [2.24, 2.45) is 0 Å². The van der Waals surface area contributed by atoms with Gasteiger partial charge in [-0.05, 0) is 19.3 Å². The molecule has 0 aromatic rings. The van der Waals surface area contributed by atoms with Crippen LogP contribution in [-0.4, -0.2) is 16.4 Å². The van der Waals surface area contributed by atoms with Gasteiger partial charge in [-0.3, -0.25) is 0 Å². The van der Waals surface area contributed by atoms with Crippen LogP contribution < -0.4 is 0 Å². The second kappa shape index (κ2) is 9.78. The van der Waals surface area contributed by atoms with Crippen molar-refractivity contribution in [3.8, 4) is 0 Å². The molecule has 0 aliphatic heterocycles. The topological polar surface area (TPSA) is 37.3 Å². The van der Waals surface area contributed by atoms with Crippen molar-refractivity contribution >= 4 is 21.9 Å². The highest BCUT2D eigenvalue weighted by molar-refractivity contribution is 9.09. The third-order valence-electron chi connectivity index (χ3n) is 1.76. The molecule has 1 N–H and O–H groups in total. The quantitative estimate of drug-likeness (QED) is 0.407. The van der Waals surface area contributed by atoms with E-state index in [2.05, 4.69) is 15.9 Å². The van der Waals surface area contributed by atoms with Crippen LogP contribution >= 0.6 is 15.9 Å². The van der Waals surface area contributed by atoms with E-state index in [-0.39, 0.29) is 0 Å². The molecule has 0 saturated carbocycles.